The molecule has 0 aromatic carbocycles. The van der Waals surface area contributed by atoms with Crippen LogP contribution in [0.15, 0.2) is 16.7 Å². The number of hydrogen-bond acceptors (Lipinski definition) is 2. The molecule has 1 aliphatic heterocycles. The minimum absolute atomic E-state index is 0.142. The SMILES string of the molecule is CC(C)n1cc(Br)cc1C(=O)N1CCC(N(C)C)C1. The van der Waals surface area contributed by atoms with Crippen LogP contribution in [0.25, 0.3) is 0 Å². The maximum atomic E-state index is 12.6. The molecule has 0 bridgehead atoms. The standard InChI is InChI=1S/C14H22BrN3O/c1-10(2)18-8-11(15)7-13(18)14(19)17-6-5-12(9-17)16(3)4/h7-8,10,12H,5-6,9H2,1-4H3. The molecular formula is C14H22BrN3O. The van der Waals surface area contributed by atoms with Gasteiger partial charge in [-0.15, -0.1) is 0 Å². The summed E-state index contributed by atoms with van der Waals surface area (Å²) in [6.45, 7) is 5.86. The van der Waals surface area contributed by atoms with Crippen molar-refractivity contribution < 1.29 is 4.79 Å². The number of likely N-dealkylation sites (tertiary alicyclic amines) is 1. The largest absolute Gasteiger partial charge is 0.340 e. The zero-order valence-corrected chi connectivity index (χ0v) is 13.6. The van der Waals surface area contributed by atoms with E-state index in [-0.39, 0.29) is 11.9 Å². The predicted molar refractivity (Wildman–Crippen MR) is 80.5 cm³/mol. The molecule has 2 rings (SSSR count). The van der Waals surface area contributed by atoms with Crippen LogP contribution in [0.1, 0.15) is 36.8 Å². The lowest BCUT2D eigenvalue weighted by atomic mass is 10.2. The van der Waals surface area contributed by atoms with Crippen molar-refractivity contribution in [3.05, 3.63) is 22.4 Å². The first-order chi connectivity index (χ1) is 8.90. The Morgan fingerprint density at radius 1 is 1.47 bits per heavy atom. The Bertz CT molecular complexity index is 467. The van der Waals surface area contributed by atoms with Crippen molar-refractivity contribution in [2.45, 2.75) is 32.4 Å². The van der Waals surface area contributed by atoms with Gasteiger partial charge in [0.05, 0.1) is 0 Å². The number of carbonyl (C=O) groups excluding carboxylic acids is 1. The smallest absolute Gasteiger partial charge is 0.270 e. The predicted octanol–water partition coefficient (Wildman–Crippen LogP) is 2.61. The molecule has 1 fully saturated rings. The molecule has 1 unspecified atom stereocenters. The fourth-order valence-electron chi connectivity index (χ4n) is 2.55. The summed E-state index contributed by atoms with van der Waals surface area (Å²) in [6.07, 6.45) is 3.04. The Balaban J connectivity index is 2.17. The van der Waals surface area contributed by atoms with Crippen molar-refractivity contribution >= 4 is 21.8 Å². The van der Waals surface area contributed by atoms with Gasteiger partial charge in [-0.3, -0.25) is 4.79 Å². The summed E-state index contributed by atoms with van der Waals surface area (Å²) in [6, 6.07) is 2.69. The minimum Gasteiger partial charge on any atom is -0.340 e. The Morgan fingerprint density at radius 3 is 2.68 bits per heavy atom. The highest BCUT2D eigenvalue weighted by Crippen LogP contribution is 2.23. The Hall–Kier alpha value is -0.810. The van der Waals surface area contributed by atoms with Crippen molar-refractivity contribution in [2.75, 3.05) is 27.2 Å². The molecule has 1 amide bonds. The topological polar surface area (TPSA) is 28.5 Å². The van der Waals surface area contributed by atoms with Crippen molar-refractivity contribution in [3.63, 3.8) is 0 Å². The Kier molecular flexibility index (Phi) is 4.36. The highest BCUT2D eigenvalue weighted by Gasteiger charge is 2.29. The van der Waals surface area contributed by atoms with Gasteiger partial charge in [-0.05, 0) is 56.4 Å². The molecule has 2 heterocycles. The summed E-state index contributed by atoms with van der Waals surface area (Å²) in [5.41, 5.74) is 0.779. The number of nitrogens with zero attached hydrogens (tertiary/aromatic N) is 3. The number of aromatic nitrogens is 1. The molecule has 0 N–H and O–H groups in total. The second-order valence-electron chi connectivity index (χ2n) is 5.70. The highest BCUT2D eigenvalue weighted by molar-refractivity contribution is 9.10. The van der Waals surface area contributed by atoms with Gasteiger partial charge in [0, 0.05) is 35.8 Å². The normalized spacial score (nSPS) is 19.7. The summed E-state index contributed by atoms with van der Waals surface area (Å²) in [5.74, 6) is 0.142. The van der Waals surface area contributed by atoms with Crippen LogP contribution in [0.5, 0.6) is 0 Å². The van der Waals surface area contributed by atoms with Crippen LogP contribution in [-0.2, 0) is 0 Å². The van der Waals surface area contributed by atoms with Crippen LogP contribution < -0.4 is 0 Å². The van der Waals surface area contributed by atoms with E-state index in [1.165, 1.54) is 0 Å². The molecule has 19 heavy (non-hydrogen) atoms. The molecule has 106 valence electrons. The van der Waals surface area contributed by atoms with Crippen LogP contribution in [0, 0.1) is 0 Å². The van der Waals surface area contributed by atoms with Gasteiger partial charge >= 0.3 is 0 Å². The van der Waals surface area contributed by atoms with Gasteiger partial charge in [0.25, 0.3) is 5.91 Å². The number of rotatable bonds is 3. The first kappa shape index (κ1) is 14.6. The zero-order valence-electron chi connectivity index (χ0n) is 12.1. The first-order valence-electron chi connectivity index (χ1n) is 6.73. The van der Waals surface area contributed by atoms with E-state index in [0.29, 0.717) is 6.04 Å². The maximum absolute atomic E-state index is 12.6. The maximum Gasteiger partial charge on any atom is 0.270 e. The molecule has 4 nitrogen and oxygen atoms in total. The third kappa shape index (κ3) is 3.03. The number of halogens is 1. The van der Waals surface area contributed by atoms with Gasteiger partial charge in [0.15, 0.2) is 0 Å². The highest BCUT2D eigenvalue weighted by atomic mass is 79.9. The third-order valence-corrected chi connectivity index (χ3v) is 4.21. The number of carbonyl (C=O) groups is 1. The zero-order chi connectivity index (χ0) is 14.2. The lowest BCUT2D eigenvalue weighted by molar-refractivity contribution is 0.0770. The quantitative estimate of drug-likeness (QED) is 0.853. The number of likely N-dealkylation sites (N-methyl/N-ethyl adjacent to an activating group) is 1. The second-order valence-corrected chi connectivity index (χ2v) is 6.62. The molecule has 5 heteroatoms. The van der Waals surface area contributed by atoms with Gasteiger partial charge in [0.1, 0.15) is 5.69 Å². The molecule has 1 aromatic heterocycles. The molecule has 1 atom stereocenters. The molecule has 1 aliphatic rings. The van der Waals surface area contributed by atoms with Gasteiger partial charge < -0.3 is 14.4 Å². The van der Waals surface area contributed by atoms with E-state index >= 15 is 0 Å². The van der Waals surface area contributed by atoms with Gasteiger partial charge in [-0.25, -0.2) is 0 Å². The lowest BCUT2D eigenvalue weighted by Gasteiger charge is -2.21. The second kappa shape index (κ2) is 5.67. The van der Waals surface area contributed by atoms with E-state index in [4.69, 9.17) is 0 Å². The van der Waals surface area contributed by atoms with Crippen LogP contribution >= 0.6 is 15.9 Å². The molecular weight excluding hydrogens is 306 g/mol. The van der Waals surface area contributed by atoms with Gasteiger partial charge in [0.2, 0.25) is 0 Å². The number of amides is 1. The Labute approximate surface area is 123 Å². The van der Waals surface area contributed by atoms with E-state index < -0.39 is 0 Å². The summed E-state index contributed by atoms with van der Waals surface area (Å²) >= 11 is 3.46. The van der Waals surface area contributed by atoms with Crippen LogP contribution in [0.3, 0.4) is 0 Å². The fourth-order valence-corrected chi connectivity index (χ4v) is 2.99. The van der Waals surface area contributed by atoms with Crippen molar-refractivity contribution in [3.8, 4) is 0 Å². The molecule has 0 aliphatic carbocycles. The summed E-state index contributed by atoms with van der Waals surface area (Å²) < 4.78 is 3.00. The van der Waals surface area contributed by atoms with E-state index in [1.54, 1.807) is 0 Å². The van der Waals surface area contributed by atoms with Crippen LogP contribution in [0.2, 0.25) is 0 Å². The van der Waals surface area contributed by atoms with Crippen LogP contribution in [-0.4, -0.2) is 53.5 Å². The molecule has 0 radical (unpaired) electrons. The van der Waals surface area contributed by atoms with E-state index in [0.717, 1.165) is 29.7 Å². The molecule has 0 spiro atoms. The fraction of sp³-hybridized carbons (Fsp3) is 0.643. The van der Waals surface area contributed by atoms with Crippen molar-refractivity contribution in [1.82, 2.24) is 14.4 Å². The Morgan fingerprint density at radius 2 is 2.16 bits per heavy atom. The van der Waals surface area contributed by atoms with Gasteiger partial charge in [-0.1, -0.05) is 0 Å². The van der Waals surface area contributed by atoms with E-state index in [2.05, 4.69) is 48.8 Å². The summed E-state index contributed by atoms with van der Waals surface area (Å²) in [7, 11) is 4.15. The first-order valence-corrected chi connectivity index (χ1v) is 7.52. The van der Waals surface area contributed by atoms with Crippen molar-refractivity contribution in [2.24, 2.45) is 0 Å². The van der Waals surface area contributed by atoms with E-state index in [1.807, 2.05) is 21.7 Å². The van der Waals surface area contributed by atoms with Gasteiger partial charge in [-0.2, -0.15) is 0 Å². The minimum atomic E-state index is 0.142. The summed E-state index contributed by atoms with van der Waals surface area (Å²) in [5, 5.41) is 0. The lowest BCUT2D eigenvalue weighted by Crippen LogP contribution is -2.35. The molecule has 0 saturated carbocycles. The third-order valence-electron chi connectivity index (χ3n) is 3.77. The molecule has 1 saturated heterocycles. The summed E-state index contributed by atoms with van der Waals surface area (Å²) in [4.78, 5) is 16.8. The molecule has 1 aromatic rings. The number of hydrogen-bond donors (Lipinski definition) is 0. The average molecular weight is 328 g/mol. The van der Waals surface area contributed by atoms with Crippen molar-refractivity contribution in [1.29, 1.82) is 0 Å². The van der Waals surface area contributed by atoms with Crippen LogP contribution in [0.4, 0.5) is 0 Å². The average Bonchev–Trinajstić information content (AvgIpc) is 2.94. The van der Waals surface area contributed by atoms with E-state index in [9.17, 15) is 4.79 Å². The monoisotopic (exact) mass is 327 g/mol.